The molecule has 2 aromatic carbocycles. The lowest BCUT2D eigenvalue weighted by Gasteiger charge is -2.21. The van der Waals surface area contributed by atoms with Crippen LogP contribution in [0.2, 0.25) is 0 Å². The smallest absolute Gasteiger partial charge is 0.338 e. The zero-order valence-electron chi connectivity index (χ0n) is 16.9. The molecule has 0 bridgehead atoms. The van der Waals surface area contributed by atoms with E-state index in [1.54, 1.807) is 48.7 Å². The van der Waals surface area contributed by atoms with E-state index in [0.29, 0.717) is 10.9 Å². The number of aromatic nitrogens is 2. The molecule has 0 unspecified atom stereocenters. The highest BCUT2D eigenvalue weighted by atomic mass is 32.1. The second-order valence-corrected chi connectivity index (χ2v) is 7.63. The Bertz CT molecular complexity index is 1240. The molecule has 0 aliphatic carbocycles. The van der Waals surface area contributed by atoms with Crippen molar-refractivity contribution in [2.75, 3.05) is 19.1 Å². The molecule has 0 radical (unpaired) electrons. The standard InChI is InChI=1S/C23H19N3O4S/c1-29-16-9-10-20-19(12-16)25-23(31-20)26(14-15-6-5-11-24-13-15)21(27)17-7-3-4-8-18(17)22(28)30-2/h3-13H,14H2,1-2H3. The fourth-order valence-corrected chi connectivity index (χ4v) is 4.08. The van der Waals surface area contributed by atoms with Crippen molar-refractivity contribution in [2.24, 2.45) is 0 Å². The number of hydrogen-bond acceptors (Lipinski definition) is 7. The fraction of sp³-hybridized carbons (Fsp3) is 0.130. The number of anilines is 1. The quantitative estimate of drug-likeness (QED) is 0.421. The molecule has 0 N–H and O–H groups in total. The second kappa shape index (κ2) is 8.93. The van der Waals surface area contributed by atoms with Crippen LogP contribution in [0.15, 0.2) is 67.0 Å². The first-order valence-corrected chi connectivity index (χ1v) is 10.2. The number of pyridine rings is 1. The monoisotopic (exact) mass is 433 g/mol. The summed E-state index contributed by atoms with van der Waals surface area (Å²) in [4.78, 5) is 36.2. The molecule has 0 saturated carbocycles. The molecule has 156 valence electrons. The first kappa shape index (κ1) is 20.5. The van der Waals surface area contributed by atoms with Crippen LogP contribution < -0.4 is 9.64 Å². The highest BCUT2D eigenvalue weighted by Crippen LogP contribution is 2.33. The van der Waals surface area contributed by atoms with Crippen molar-refractivity contribution in [1.82, 2.24) is 9.97 Å². The number of carbonyl (C=O) groups excluding carboxylic acids is 2. The molecule has 2 heterocycles. The summed E-state index contributed by atoms with van der Waals surface area (Å²) in [6.07, 6.45) is 3.37. The van der Waals surface area contributed by atoms with Crippen LogP contribution in [-0.2, 0) is 11.3 Å². The minimum Gasteiger partial charge on any atom is -0.497 e. The molecule has 4 rings (SSSR count). The molecule has 1 amide bonds. The normalized spacial score (nSPS) is 10.6. The molecule has 0 aliphatic heterocycles. The molecule has 0 aliphatic rings. The summed E-state index contributed by atoms with van der Waals surface area (Å²) in [7, 11) is 2.88. The van der Waals surface area contributed by atoms with Crippen LogP contribution in [0.25, 0.3) is 10.2 Å². The number of methoxy groups -OCH3 is 2. The molecular weight excluding hydrogens is 414 g/mol. The van der Waals surface area contributed by atoms with Crippen molar-refractivity contribution in [3.05, 3.63) is 83.7 Å². The predicted octanol–water partition coefficient (Wildman–Crippen LogP) is 4.33. The van der Waals surface area contributed by atoms with Gasteiger partial charge in [-0.3, -0.25) is 14.7 Å². The van der Waals surface area contributed by atoms with Crippen molar-refractivity contribution in [1.29, 1.82) is 0 Å². The Morgan fingerprint density at radius 1 is 1.03 bits per heavy atom. The number of nitrogens with zero attached hydrogens (tertiary/aromatic N) is 3. The maximum atomic E-state index is 13.6. The number of fused-ring (bicyclic) bond motifs is 1. The summed E-state index contributed by atoms with van der Waals surface area (Å²) in [5.41, 5.74) is 2.01. The second-order valence-electron chi connectivity index (χ2n) is 6.62. The molecule has 0 fully saturated rings. The van der Waals surface area contributed by atoms with Gasteiger partial charge >= 0.3 is 5.97 Å². The third-order valence-electron chi connectivity index (χ3n) is 4.69. The van der Waals surface area contributed by atoms with E-state index < -0.39 is 5.97 Å². The molecule has 0 saturated heterocycles. The third-order valence-corrected chi connectivity index (χ3v) is 5.75. The first-order chi connectivity index (χ1) is 15.1. The Balaban J connectivity index is 1.80. The number of carbonyl (C=O) groups is 2. The number of benzene rings is 2. The van der Waals surface area contributed by atoms with Gasteiger partial charge in [-0.1, -0.05) is 29.5 Å². The van der Waals surface area contributed by atoms with Gasteiger partial charge in [0.2, 0.25) is 0 Å². The maximum absolute atomic E-state index is 13.6. The molecule has 4 aromatic rings. The van der Waals surface area contributed by atoms with E-state index >= 15 is 0 Å². The lowest BCUT2D eigenvalue weighted by molar-refractivity contribution is 0.0597. The molecule has 0 atom stereocenters. The third kappa shape index (κ3) is 4.24. The van der Waals surface area contributed by atoms with Crippen LogP contribution in [0.1, 0.15) is 26.3 Å². The van der Waals surface area contributed by atoms with Crippen LogP contribution in [0.3, 0.4) is 0 Å². The van der Waals surface area contributed by atoms with Gasteiger partial charge in [0.15, 0.2) is 5.13 Å². The van der Waals surface area contributed by atoms with Crippen LogP contribution >= 0.6 is 11.3 Å². The lowest BCUT2D eigenvalue weighted by atomic mass is 10.1. The van der Waals surface area contributed by atoms with Gasteiger partial charge in [-0.2, -0.15) is 0 Å². The number of ether oxygens (including phenoxy) is 2. The van der Waals surface area contributed by atoms with Gasteiger partial charge in [-0.25, -0.2) is 9.78 Å². The van der Waals surface area contributed by atoms with Gasteiger partial charge in [-0.05, 0) is 35.9 Å². The zero-order valence-corrected chi connectivity index (χ0v) is 17.8. The minimum absolute atomic E-state index is 0.203. The summed E-state index contributed by atoms with van der Waals surface area (Å²) < 4.78 is 11.1. The summed E-state index contributed by atoms with van der Waals surface area (Å²) in [6, 6.07) is 15.9. The summed E-state index contributed by atoms with van der Waals surface area (Å²) in [5, 5.41) is 0.511. The summed E-state index contributed by atoms with van der Waals surface area (Å²) in [5.74, 6) is -0.235. The van der Waals surface area contributed by atoms with E-state index in [1.807, 2.05) is 30.3 Å². The SMILES string of the molecule is COC(=O)c1ccccc1C(=O)N(Cc1cccnc1)c1nc2cc(OC)ccc2s1. The van der Waals surface area contributed by atoms with E-state index in [9.17, 15) is 9.59 Å². The Labute approximate surface area is 182 Å². The number of thiazole rings is 1. The molecule has 7 nitrogen and oxygen atoms in total. The van der Waals surface area contributed by atoms with Gasteiger partial charge in [-0.15, -0.1) is 0 Å². The first-order valence-electron chi connectivity index (χ1n) is 9.43. The molecule has 0 spiro atoms. The Kier molecular flexibility index (Phi) is 5.90. The average molecular weight is 433 g/mol. The number of rotatable bonds is 6. The maximum Gasteiger partial charge on any atom is 0.338 e. The number of hydrogen-bond donors (Lipinski definition) is 0. The van der Waals surface area contributed by atoms with E-state index in [-0.39, 0.29) is 23.6 Å². The van der Waals surface area contributed by atoms with E-state index in [2.05, 4.69) is 9.97 Å². The molecule has 2 aromatic heterocycles. The van der Waals surface area contributed by atoms with Gasteiger partial charge in [0.05, 0.1) is 42.1 Å². The number of esters is 1. The van der Waals surface area contributed by atoms with Gasteiger partial charge in [0.1, 0.15) is 5.75 Å². The van der Waals surface area contributed by atoms with Crippen molar-refractivity contribution in [3.8, 4) is 5.75 Å². The summed E-state index contributed by atoms with van der Waals surface area (Å²) >= 11 is 1.39. The van der Waals surface area contributed by atoms with Crippen molar-refractivity contribution in [2.45, 2.75) is 6.54 Å². The fourth-order valence-electron chi connectivity index (χ4n) is 3.14. The Morgan fingerprint density at radius 3 is 2.55 bits per heavy atom. The van der Waals surface area contributed by atoms with Gasteiger partial charge in [0.25, 0.3) is 5.91 Å². The van der Waals surface area contributed by atoms with Crippen molar-refractivity contribution < 1.29 is 19.1 Å². The topological polar surface area (TPSA) is 81.6 Å². The van der Waals surface area contributed by atoms with Gasteiger partial charge < -0.3 is 9.47 Å². The Hall–Kier alpha value is -3.78. The van der Waals surface area contributed by atoms with Crippen LogP contribution in [-0.4, -0.2) is 36.1 Å². The zero-order chi connectivity index (χ0) is 21.8. The van der Waals surface area contributed by atoms with Crippen LogP contribution in [0.5, 0.6) is 5.75 Å². The highest BCUT2D eigenvalue weighted by molar-refractivity contribution is 7.22. The predicted molar refractivity (Wildman–Crippen MR) is 119 cm³/mol. The Morgan fingerprint density at radius 2 is 1.84 bits per heavy atom. The molecular formula is C23H19N3O4S. The van der Waals surface area contributed by atoms with E-state index in [0.717, 1.165) is 15.8 Å². The van der Waals surface area contributed by atoms with Crippen molar-refractivity contribution in [3.63, 3.8) is 0 Å². The van der Waals surface area contributed by atoms with Crippen LogP contribution in [0.4, 0.5) is 5.13 Å². The van der Waals surface area contributed by atoms with Crippen LogP contribution in [0, 0.1) is 0 Å². The van der Waals surface area contributed by atoms with Gasteiger partial charge in [0, 0.05) is 18.5 Å². The molecule has 31 heavy (non-hydrogen) atoms. The molecule has 8 heteroatoms. The lowest BCUT2D eigenvalue weighted by Crippen LogP contribution is -2.31. The van der Waals surface area contributed by atoms with Crippen molar-refractivity contribution >= 4 is 38.6 Å². The van der Waals surface area contributed by atoms with E-state index in [4.69, 9.17) is 9.47 Å². The largest absolute Gasteiger partial charge is 0.497 e. The average Bonchev–Trinajstić information content (AvgIpc) is 3.25. The van der Waals surface area contributed by atoms with E-state index in [1.165, 1.54) is 18.4 Å². The number of amides is 1. The highest BCUT2D eigenvalue weighted by Gasteiger charge is 2.26. The summed E-state index contributed by atoms with van der Waals surface area (Å²) in [6.45, 7) is 0.249. The minimum atomic E-state index is -0.570.